The maximum atomic E-state index is 11.4. The first-order valence-corrected chi connectivity index (χ1v) is 9.86. The fourth-order valence-electron chi connectivity index (χ4n) is 2.75. The molecule has 0 aromatic heterocycles. The normalized spacial score (nSPS) is 21.9. The van der Waals surface area contributed by atoms with Gasteiger partial charge in [0, 0.05) is 30.8 Å². The maximum absolute atomic E-state index is 11.4. The van der Waals surface area contributed by atoms with Crippen molar-refractivity contribution in [1.82, 2.24) is 5.32 Å². The predicted molar refractivity (Wildman–Crippen MR) is 90.5 cm³/mol. The van der Waals surface area contributed by atoms with Crippen molar-refractivity contribution in [2.75, 3.05) is 12.8 Å². The third kappa shape index (κ3) is 5.47. The summed E-state index contributed by atoms with van der Waals surface area (Å²) in [6.45, 7) is 3.25. The summed E-state index contributed by atoms with van der Waals surface area (Å²) in [4.78, 5) is 0.339. The molecule has 1 aliphatic carbocycles. The van der Waals surface area contributed by atoms with E-state index in [1.165, 1.54) is 31.9 Å². The molecule has 1 saturated carbocycles. The Labute approximate surface area is 134 Å². The number of hydrogen-bond acceptors (Lipinski definition) is 3. The fraction of sp³-hybridized carbons (Fsp3) is 0.556. The summed E-state index contributed by atoms with van der Waals surface area (Å²) in [5.74, 6) is 7.11. The van der Waals surface area contributed by atoms with Crippen LogP contribution in [-0.4, -0.2) is 27.3 Å². The van der Waals surface area contributed by atoms with Crippen LogP contribution in [0.3, 0.4) is 0 Å². The molecule has 0 atom stereocenters. The number of rotatable bonds is 4. The van der Waals surface area contributed by atoms with Crippen LogP contribution in [0.4, 0.5) is 0 Å². The topological polar surface area (TPSA) is 46.2 Å². The molecular weight excluding hydrogens is 294 g/mol. The molecule has 0 radical (unpaired) electrons. The Morgan fingerprint density at radius 2 is 1.77 bits per heavy atom. The van der Waals surface area contributed by atoms with Crippen molar-refractivity contribution in [3.63, 3.8) is 0 Å². The average Bonchev–Trinajstić information content (AvgIpc) is 2.48. The van der Waals surface area contributed by atoms with Gasteiger partial charge in [0.2, 0.25) is 0 Å². The van der Waals surface area contributed by atoms with Crippen LogP contribution in [0.5, 0.6) is 0 Å². The number of hydrogen-bond donors (Lipinski definition) is 1. The van der Waals surface area contributed by atoms with Crippen LogP contribution in [0.15, 0.2) is 29.2 Å². The molecule has 22 heavy (non-hydrogen) atoms. The Kier molecular flexibility index (Phi) is 6.05. The fourth-order valence-corrected chi connectivity index (χ4v) is 3.38. The zero-order valence-electron chi connectivity index (χ0n) is 13.4. The van der Waals surface area contributed by atoms with E-state index in [1.54, 1.807) is 24.3 Å². The van der Waals surface area contributed by atoms with Gasteiger partial charge in [-0.05, 0) is 55.9 Å². The van der Waals surface area contributed by atoms with Crippen LogP contribution in [0.1, 0.15) is 44.6 Å². The molecule has 0 heterocycles. The highest BCUT2D eigenvalue weighted by atomic mass is 32.2. The molecule has 0 unspecified atom stereocenters. The second-order valence-electron chi connectivity index (χ2n) is 6.26. The molecule has 0 saturated heterocycles. The molecule has 1 aromatic carbocycles. The molecule has 1 fully saturated rings. The summed E-state index contributed by atoms with van der Waals surface area (Å²) < 4.78 is 22.7. The quantitative estimate of drug-likeness (QED) is 0.685. The third-order valence-corrected chi connectivity index (χ3v) is 5.34. The van der Waals surface area contributed by atoms with Crippen molar-refractivity contribution < 1.29 is 8.42 Å². The molecule has 2 rings (SSSR count). The van der Waals surface area contributed by atoms with E-state index >= 15 is 0 Å². The molecule has 1 N–H and O–H groups in total. The Bertz CT molecular complexity index is 630. The number of sulfone groups is 1. The molecule has 1 aromatic rings. The Morgan fingerprint density at radius 3 is 2.36 bits per heavy atom. The van der Waals surface area contributed by atoms with Crippen LogP contribution in [0.25, 0.3) is 0 Å². The Morgan fingerprint density at radius 1 is 1.14 bits per heavy atom. The lowest BCUT2D eigenvalue weighted by Gasteiger charge is -2.26. The van der Waals surface area contributed by atoms with Gasteiger partial charge in [0.15, 0.2) is 9.84 Å². The van der Waals surface area contributed by atoms with Crippen LogP contribution in [0, 0.1) is 17.8 Å². The minimum Gasteiger partial charge on any atom is -0.313 e. The molecule has 120 valence electrons. The highest BCUT2D eigenvalue weighted by Crippen LogP contribution is 2.23. The average molecular weight is 319 g/mol. The molecule has 3 nitrogen and oxygen atoms in total. The van der Waals surface area contributed by atoms with Gasteiger partial charge in [-0.3, -0.25) is 0 Å². The molecule has 0 spiro atoms. The zero-order valence-corrected chi connectivity index (χ0v) is 14.2. The van der Waals surface area contributed by atoms with Gasteiger partial charge in [-0.15, -0.1) is 0 Å². The van der Waals surface area contributed by atoms with E-state index in [1.807, 2.05) is 0 Å². The van der Waals surface area contributed by atoms with E-state index in [4.69, 9.17) is 0 Å². The first-order valence-electron chi connectivity index (χ1n) is 7.97. The van der Waals surface area contributed by atoms with Gasteiger partial charge >= 0.3 is 0 Å². The van der Waals surface area contributed by atoms with E-state index in [0.717, 1.165) is 24.4 Å². The third-order valence-electron chi connectivity index (χ3n) is 4.21. The highest BCUT2D eigenvalue weighted by Gasteiger charge is 2.16. The summed E-state index contributed by atoms with van der Waals surface area (Å²) in [6.07, 6.45) is 7.25. The molecule has 1 aliphatic rings. The van der Waals surface area contributed by atoms with Crippen molar-refractivity contribution in [2.24, 2.45) is 5.92 Å². The van der Waals surface area contributed by atoms with Gasteiger partial charge in [-0.1, -0.05) is 18.8 Å². The van der Waals surface area contributed by atoms with Crippen LogP contribution in [-0.2, 0) is 9.84 Å². The molecule has 0 amide bonds. The molecule has 4 heteroatoms. The highest BCUT2D eigenvalue weighted by molar-refractivity contribution is 7.90. The largest absolute Gasteiger partial charge is 0.313 e. The van der Waals surface area contributed by atoms with Crippen molar-refractivity contribution in [1.29, 1.82) is 0 Å². The summed E-state index contributed by atoms with van der Waals surface area (Å²) in [6, 6.07) is 7.41. The first kappa shape index (κ1) is 17.1. The summed E-state index contributed by atoms with van der Waals surface area (Å²) in [7, 11) is -3.12. The predicted octanol–water partition coefficient (Wildman–Crippen LogP) is 3.00. The molecule has 0 aliphatic heterocycles. The van der Waals surface area contributed by atoms with Crippen LogP contribution < -0.4 is 5.32 Å². The molecule has 0 bridgehead atoms. The van der Waals surface area contributed by atoms with E-state index < -0.39 is 9.84 Å². The van der Waals surface area contributed by atoms with Gasteiger partial charge in [0.05, 0.1) is 4.90 Å². The van der Waals surface area contributed by atoms with E-state index in [0.29, 0.717) is 10.9 Å². The SMILES string of the molecule is CS(=O)(=O)c1ccc(C#CCCN[C@H]2CC[C@H](C)CC2)cc1. The Balaban J connectivity index is 1.75. The van der Waals surface area contributed by atoms with Gasteiger partial charge in [0.1, 0.15) is 0 Å². The molecular formula is C18H25NO2S. The summed E-state index contributed by atoms with van der Waals surface area (Å²) in [5.41, 5.74) is 0.860. The Hall–Kier alpha value is -1.31. The van der Waals surface area contributed by atoms with E-state index in [9.17, 15) is 8.42 Å². The van der Waals surface area contributed by atoms with Crippen molar-refractivity contribution in [3.8, 4) is 11.8 Å². The van der Waals surface area contributed by atoms with Gasteiger partial charge in [0.25, 0.3) is 0 Å². The maximum Gasteiger partial charge on any atom is 0.175 e. The van der Waals surface area contributed by atoms with Crippen LogP contribution >= 0.6 is 0 Å². The van der Waals surface area contributed by atoms with Crippen molar-refractivity contribution >= 4 is 9.84 Å². The lowest BCUT2D eigenvalue weighted by atomic mass is 9.87. The van der Waals surface area contributed by atoms with Crippen LogP contribution in [0.2, 0.25) is 0 Å². The van der Waals surface area contributed by atoms with E-state index in [2.05, 4.69) is 24.1 Å². The van der Waals surface area contributed by atoms with Gasteiger partial charge in [-0.2, -0.15) is 0 Å². The van der Waals surface area contributed by atoms with Gasteiger partial charge < -0.3 is 5.32 Å². The lowest BCUT2D eigenvalue weighted by Crippen LogP contribution is -2.33. The summed E-state index contributed by atoms with van der Waals surface area (Å²) in [5, 5.41) is 3.58. The zero-order chi connectivity index (χ0) is 16.0. The second kappa shape index (κ2) is 7.80. The first-order chi connectivity index (χ1) is 10.4. The van der Waals surface area contributed by atoms with Gasteiger partial charge in [-0.25, -0.2) is 8.42 Å². The van der Waals surface area contributed by atoms with E-state index in [-0.39, 0.29) is 0 Å². The van der Waals surface area contributed by atoms with Crippen molar-refractivity contribution in [3.05, 3.63) is 29.8 Å². The number of nitrogens with one attached hydrogen (secondary N) is 1. The summed E-state index contributed by atoms with van der Waals surface area (Å²) >= 11 is 0. The monoisotopic (exact) mass is 319 g/mol. The second-order valence-corrected chi connectivity index (χ2v) is 8.27. The smallest absolute Gasteiger partial charge is 0.175 e. The van der Waals surface area contributed by atoms with Crippen molar-refractivity contribution in [2.45, 2.75) is 50.0 Å². The minimum atomic E-state index is -3.12. The number of benzene rings is 1. The standard InChI is InChI=1S/C18H25NO2S/c1-15-6-10-17(11-7-15)19-14-4-3-5-16-8-12-18(13-9-16)22(2,20)21/h8-9,12-13,15,17,19H,4,6-7,10-11,14H2,1-2H3/t15-,17-. The minimum absolute atomic E-state index is 0.339. The lowest BCUT2D eigenvalue weighted by molar-refractivity contribution is 0.309.